The van der Waals surface area contributed by atoms with E-state index in [2.05, 4.69) is 37.3 Å². The van der Waals surface area contributed by atoms with E-state index < -0.39 is 0 Å². The van der Waals surface area contributed by atoms with Crippen molar-refractivity contribution in [2.75, 3.05) is 11.9 Å². The van der Waals surface area contributed by atoms with Gasteiger partial charge in [-0.05, 0) is 36.6 Å². The van der Waals surface area contributed by atoms with Crippen molar-refractivity contribution in [2.45, 2.75) is 97.4 Å². The summed E-state index contributed by atoms with van der Waals surface area (Å²) in [6, 6.07) is 7.47. The van der Waals surface area contributed by atoms with Crippen molar-refractivity contribution in [2.24, 2.45) is 5.92 Å². The number of carbonyl (C=O) groups is 1. The van der Waals surface area contributed by atoms with E-state index in [9.17, 15) is 4.79 Å². The van der Waals surface area contributed by atoms with E-state index in [-0.39, 0.29) is 17.9 Å². The second-order valence-electron chi connectivity index (χ2n) is 8.20. The van der Waals surface area contributed by atoms with Crippen LogP contribution in [0.1, 0.15) is 97.0 Å². The minimum Gasteiger partial charge on any atom is -0.373 e. The monoisotopic (exact) mass is 398 g/mol. The van der Waals surface area contributed by atoms with E-state index in [1.54, 1.807) is 0 Å². The number of hydrogen-bond acceptors (Lipinski definition) is 2. The third-order valence-electron chi connectivity index (χ3n) is 5.70. The Labute approximate surface area is 179 Å². The van der Waals surface area contributed by atoms with Crippen LogP contribution in [0.3, 0.4) is 0 Å². The van der Waals surface area contributed by atoms with E-state index in [1.165, 1.54) is 57.8 Å². The molecule has 0 aromatic heterocycles. The Morgan fingerprint density at radius 3 is 2.00 bits per heavy atom. The summed E-state index contributed by atoms with van der Waals surface area (Å²) >= 11 is 0. The average Bonchev–Trinajstić information content (AvgIpc) is 2.75. The Bertz CT molecular complexity index is 588. The zero-order chi connectivity index (χ0) is 21.3. The summed E-state index contributed by atoms with van der Waals surface area (Å²) in [5, 5.41) is 6.52. The fraction of sp³-hybridized carbons (Fsp3) is 0.654. The lowest BCUT2D eigenvalue weighted by atomic mass is 9.97. The molecule has 1 rings (SSSR count). The number of anilines is 1. The van der Waals surface area contributed by atoms with Crippen molar-refractivity contribution in [1.82, 2.24) is 5.32 Å². The van der Waals surface area contributed by atoms with Crippen LogP contribution in [-0.4, -0.2) is 18.5 Å². The molecule has 2 N–H and O–H groups in total. The molecule has 1 aromatic rings. The molecular formula is C26H42N2O. The van der Waals surface area contributed by atoms with Crippen LogP contribution in [0.4, 0.5) is 5.69 Å². The Hall–Kier alpha value is -1.95. The Kier molecular flexibility index (Phi) is 13.8. The summed E-state index contributed by atoms with van der Waals surface area (Å²) in [6.07, 6.45) is 19.4. The lowest BCUT2D eigenvalue weighted by Gasteiger charge is -2.24. The Morgan fingerprint density at radius 1 is 0.931 bits per heavy atom. The Balaban J connectivity index is 2.26. The number of carbonyl (C=O) groups excluding carboxylic acids is 1. The van der Waals surface area contributed by atoms with Crippen LogP contribution >= 0.6 is 0 Å². The molecule has 2 unspecified atom stereocenters. The fourth-order valence-corrected chi connectivity index (χ4v) is 3.48. The van der Waals surface area contributed by atoms with Gasteiger partial charge in [0.1, 0.15) is 6.04 Å². The molecule has 0 saturated carbocycles. The third-order valence-corrected chi connectivity index (χ3v) is 5.70. The molecule has 29 heavy (non-hydrogen) atoms. The first kappa shape index (κ1) is 25.1. The maximum atomic E-state index is 12.7. The largest absolute Gasteiger partial charge is 0.373 e. The predicted molar refractivity (Wildman–Crippen MR) is 126 cm³/mol. The minimum absolute atomic E-state index is 0.0938. The molecular weight excluding hydrogens is 356 g/mol. The molecule has 3 nitrogen and oxygen atoms in total. The molecule has 2 atom stereocenters. The van der Waals surface area contributed by atoms with Gasteiger partial charge in [-0.3, -0.25) is 4.79 Å². The van der Waals surface area contributed by atoms with Crippen molar-refractivity contribution < 1.29 is 4.79 Å². The standard InChI is InChI=1S/C26H42N2O/c1-5-8-9-10-11-12-13-14-15-16-21-27-26(29)25(22(4)6-2)28-24-19-17-23(7-3)18-20-24/h3,17-20,22,25,28H,5-6,8-16,21H2,1-2,4H3,(H,27,29). The van der Waals surface area contributed by atoms with Gasteiger partial charge in [0.15, 0.2) is 0 Å². The van der Waals surface area contributed by atoms with Gasteiger partial charge in [-0.15, -0.1) is 6.42 Å². The van der Waals surface area contributed by atoms with Crippen LogP contribution in [0.5, 0.6) is 0 Å². The molecule has 0 aliphatic carbocycles. The van der Waals surface area contributed by atoms with Crippen molar-refractivity contribution in [3.05, 3.63) is 29.8 Å². The van der Waals surface area contributed by atoms with Crippen LogP contribution < -0.4 is 10.6 Å². The first-order chi connectivity index (χ1) is 14.1. The van der Waals surface area contributed by atoms with Crippen LogP contribution in [0.15, 0.2) is 24.3 Å². The zero-order valence-corrected chi connectivity index (χ0v) is 18.9. The van der Waals surface area contributed by atoms with Crippen molar-refractivity contribution >= 4 is 11.6 Å². The molecule has 0 saturated heterocycles. The highest BCUT2D eigenvalue weighted by atomic mass is 16.2. The molecule has 162 valence electrons. The van der Waals surface area contributed by atoms with Gasteiger partial charge in [0, 0.05) is 17.8 Å². The molecule has 0 spiro atoms. The minimum atomic E-state index is -0.222. The van der Waals surface area contributed by atoms with E-state index in [4.69, 9.17) is 6.42 Å². The van der Waals surface area contributed by atoms with Crippen molar-refractivity contribution in [1.29, 1.82) is 0 Å². The summed E-state index contributed by atoms with van der Waals surface area (Å²) in [7, 11) is 0. The third kappa shape index (κ3) is 11.0. The van der Waals surface area contributed by atoms with Crippen LogP contribution in [-0.2, 0) is 4.79 Å². The normalized spacial score (nSPS) is 12.8. The summed E-state index contributed by atoms with van der Waals surface area (Å²) < 4.78 is 0. The van der Waals surface area contributed by atoms with E-state index in [0.717, 1.165) is 30.6 Å². The maximum absolute atomic E-state index is 12.7. The van der Waals surface area contributed by atoms with Gasteiger partial charge in [0.2, 0.25) is 5.91 Å². The summed E-state index contributed by atoms with van der Waals surface area (Å²) in [4.78, 5) is 12.7. The molecule has 3 heteroatoms. The number of nitrogens with one attached hydrogen (secondary N) is 2. The molecule has 1 aromatic carbocycles. The fourth-order valence-electron chi connectivity index (χ4n) is 3.48. The molecule has 0 fully saturated rings. The maximum Gasteiger partial charge on any atom is 0.242 e. The smallest absolute Gasteiger partial charge is 0.242 e. The van der Waals surface area contributed by atoms with Crippen LogP contribution in [0.2, 0.25) is 0 Å². The highest BCUT2D eigenvalue weighted by molar-refractivity contribution is 5.85. The van der Waals surface area contributed by atoms with Gasteiger partial charge in [0.05, 0.1) is 0 Å². The molecule has 0 radical (unpaired) electrons. The number of hydrogen-bond donors (Lipinski definition) is 2. The van der Waals surface area contributed by atoms with Crippen LogP contribution in [0.25, 0.3) is 0 Å². The molecule has 0 aliphatic rings. The highest BCUT2D eigenvalue weighted by Crippen LogP contribution is 2.16. The first-order valence-electron chi connectivity index (χ1n) is 11.7. The lowest BCUT2D eigenvalue weighted by molar-refractivity contribution is -0.122. The summed E-state index contributed by atoms with van der Waals surface area (Å²) in [5.74, 6) is 2.97. The number of unbranched alkanes of at least 4 members (excludes halogenated alkanes) is 9. The van der Waals surface area contributed by atoms with Gasteiger partial charge in [0.25, 0.3) is 0 Å². The topological polar surface area (TPSA) is 41.1 Å². The predicted octanol–water partition coefficient (Wildman–Crippen LogP) is 6.53. The van der Waals surface area contributed by atoms with Gasteiger partial charge in [-0.25, -0.2) is 0 Å². The molecule has 1 amide bonds. The van der Waals surface area contributed by atoms with E-state index in [1.807, 2.05) is 24.3 Å². The number of amides is 1. The van der Waals surface area contributed by atoms with Gasteiger partial charge < -0.3 is 10.6 Å². The first-order valence-corrected chi connectivity index (χ1v) is 11.7. The quantitative estimate of drug-likeness (QED) is 0.245. The molecule has 0 bridgehead atoms. The Morgan fingerprint density at radius 2 is 1.48 bits per heavy atom. The summed E-state index contributed by atoms with van der Waals surface area (Å²) in [6.45, 7) is 7.26. The van der Waals surface area contributed by atoms with Crippen molar-refractivity contribution in [3.63, 3.8) is 0 Å². The summed E-state index contributed by atoms with van der Waals surface area (Å²) in [5.41, 5.74) is 1.78. The van der Waals surface area contributed by atoms with Gasteiger partial charge in [-0.1, -0.05) is 90.9 Å². The van der Waals surface area contributed by atoms with Crippen molar-refractivity contribution in [3.8, 4) is 12.3 Å². The zero-order valence-electron chi connectivity index (χ0n) is 18.9. The van der Waals surface area contributed by atoms with Gasteiger partial charge >= 0.3 is 0 Å². The number of benzene rings is 1. The highest BCUT2D eigenvalue weighted by Gasteiger charge is 2.23. The lowest BCUT2D eigenvalue weighted by Crippen LogP contribution is -2.44. The van der Waals surface area contributed by atoms with Gasteiger partial charge in [-0.2, -0.15) is 0 Å². The van der Waals surface area contributed by atoms with E-state index in [0.29, 0.717) is 0 Å². The molecule has 0 aliphatic heterocycles. The van der Waals surface area contributed by atoms with E-state index >= 15 is 0 Å². The number of rotatable bonds is 16. The second-order valence-corrected chi connectivity index (χ2v) is 8.20. The SMILES string of the molecule is C#Cc1ccc(NC(C(=O)NCCCCCCCCCCCC)C(C)CC)cc1. The number of terminal acetylenes is 1. The molecule has 0 heterocycles. The average molecular weight is 399 g/mol. The van der Waals surface area contributed by atoms with Crippen LogP contribution in [0, 0.1) is 18.3 Å². The second kappa shape index (κ2) is 15.9.